The lowest BCUT2D eigenvalue weighted by Crippen LogP contribution is -2.29. The summed E-state index contributed by atoms with van der Waals surface area (Å²) in [6.45, 7) is 7.98. The molecule has 0 heterocycles. The highest BCUT2D eigenvalue weighted by Gasteiger charge is 2.26. The van der Waals surface area contributed by atoms with Crippen molar-refractivity contribution in [3.63, 3.8) is 0 Å². The van der Waals surface area contributed by atoms with Gasteiger partial charge in [-0.05, 0) is 32.6 Å². The van der Waals surface area contributed by atoms with E-state index in [-0.39, 0.29) is 0 Å². The monoisotopic (exact) mass is 171 g/mol. The molecule has 0 fully saturated rings. The van der Waals surface area contributed by atoms with Gasteiger partial charge in [0.05, 0.1) is 0 Å². The zero-order valence-corrected chi connectivity index (χ0v) is 9.02. The van der Waals surface area contributed by atoms with Crippen molar-refractivity contribution < 1.29 is 5.11 Å². The summed E-state index contributed by atoms with van der Waals surface area (Å²) in [6, 6.07) is 0. The van der Waals surface area contributed by atoms with E-state index in [4.69, 9.17) is 0 Å². The average molecular weight is 171 g/mol. The highest BCUT2D eigenvalue weighted by Crippen LogP contribution is 2.27. The molecule has 0 saturated heterocycles. The van der Waals surface area contributed by atoms with Gasteiger partial charge in [0.25, 0.3) is 0 Å². The molecule has 0 aliphatic rings. The second-order valence-corrected chi connectivity index (χ2v) is 4.23. The lowest BCUT2D eigenvalue weighted by Gasteiger charge is -2.26. The molecule has 0 aliphatic carbocycles. The molecule has 1 unspecified atom stereocenters. The van der Waals surface area contributed by atoms with Gasteiger partial charge in [-0.2, -0.15) is 0 Å². The Morgan fingerprint density at radius 2 is 1.67 bits per heavy atom. The van der Waals surface area contributed by atoms with E-state index in [1.54, 1.807) is 0 Å². The normalized spacial score (nSPS) is 14.8. The minimum absolute atomic E-state index is 0.377. The van der Waals surface area contributed by atoms with Crippen LogP contribution in [0, 0.1) is 5.92 Å². The van der Waals surface area contributed by atoms with E-state index >= 15 is 0 Å². The quantitative estimate of drug-likeness (QED) is 0.579. The van der Waals surface area contributed by atoms with Crippen LogP contribution in [0.2, 0.25) is 0 Å². The van der Waals surface area contributed by atoms with E-state index in [1.165, 1.54) is 12.8 Å². The molecule has 0 N–H and O–H groups in total. The minimum atomic E-state index is -0.731. The third-order valence-electron chi connectivity index (χ3n) is 2.53. The van der Waals surface area contributed by atoms with E-state index < -0.39 is 5.60 Å². The van der Waals surface area contributed by atoms with Crippen LogP contribution in [0.25, 0.3) is 0 Å². The lowest BCUT2D eigenvalue weighted by atomic mass is 9.83. The fourth-order valence-corrected chi connectivity index (χ4v) is 1.64. The van der Waals surface area contributed by atoms with Crippen molar-refractivity contribution in [1.82, 2.24) is 0 Å². The first-order valence-electron chi connectivity index (χ1n) is 5.22. The van der Waals surface area contributed by atoms with Gasteiger partial charge in [-0.15, -0.1) is 0 Å². The van der Waals surface area contributed by atoms with E-state index in [2.05, 4.69) is 13.8 Å². The molecule has 1 atom stereocenters. The number of hydrogen-bond donors (Lipinski definition) is 0. The summed E-state index contributed by atoms with van der Waals surface area (Å²) in [6.07, 6.45) is 5.75. The highest BCUT2D eigenvalue weighted by atomic mass is 16.3. The van der Waals surface area contributed by atoms with Gasteiger partial charge in [-0.25, -0.2) is 5.11 Å². The first-order chi connectivity index (χ1) is 5.52. The summed E-state index contributed by atoms with van der Waals surface area (Å²) < 4.78 is 0. The van der Waals surface area contributed by atoms with Crippen LogP contribution in [0.1, 0.15) is 59.8 Å². The molecule has 0 aliphatic heterocycles. The molecule has 0 spiro atoms. The van der Waals surface area contributed by atoms with Crippen LogP contribution in [0.3, 0.4) is 0 Å². The predicted molar refractivity (Wildman–Crippen MR) is 52.7 cm³/mol. The zero-order chi connectivity index (χ0) is 9.61. The van der Waals surface area contributed by atoms with E-state index in [1.807, 2.05) is 13.8 Å². The number of hydrogen-bond acceptors (Lipinski definition) is 0. The Morgan fingerprint density at radius 1 is 1.08 bits per heavy atom. The Kier molecular flexibility index (Phi) is 5.56. The third kappa shape index (κ3) is 4.76. The zero-order valence-electron chi connectivity index (χ0n) is 9.02. The molecule has 0 saturated carbocycles. The van der Waals surface area contributed by atoms with Gasteiger partial charge in [0, 0.05) is 0 Å². The summed E-state index contributed by atoms with van der Waals surface area (Å²) in [7, 11) is 0. The van der Waals surface area contributed by atoms with Crippen molar-refractivity contribution in [2.24, 2.45) is 5.92 Å². The SMILES string of the molecule is CCCCC(CCC)C(C)(C)[O]. The molecule has 1 heteroatoms. The van der Waals surface area contributed by atoms with Crippen LogP contribution in [0.15, 0.2) is 0 Å². The Morgan fingerprint density at radius 3 is 2.00 bits per heavy atom. The Balaban J connectivity index is 3.86. The van der Waals surface area contributed by atoms with Gasteiger partial charge >= 0.3 is 0 Å². The van der Waals surface area contributed by atoms with Gasteiger partial charge in [0.1, 0.15) is 5.60 Å². The van der Waals surface area contributed by atoms with Gasteiger partial charge in [0.2, 0.25) is 0 Å². The molecule has 1 radical (unpaired) electrons. The highest BCUT2D eigenvalue weighted by molar-refractivity contribution is 4.76. The van der Waals surface area contributed by atoms with E-state index in [9.17, 15) is 5.11 Å². The summed E-state index contributed by atoms with van der Waals surface area (Å²) in [5, 5.41) is 11.7. The lowest BCUT2D eigenvalue weighted by molar-refractivity contribution is -0.0532. The fraction of sp³-hybridized carbons (Fsp3) is 1.00. The van der Waals surface area contributed by atoms with Crippen LogP contribution >= 0.6 is 0 Å². The van der Waals surface area contributed by atoms with Gasteiger partial charge in [0.15, 0.2) is 0 Å². The van der Waals surface area contributed by atoms with Crippen LogP contribution in [-0.4, -0.2) is 5.60 Å². The van der Waals surface area contributed by atoms with Crippen LogP contribution in [0.4, 0.5) is 0 Å². The molecule has 0 aromatic carbocycles. The smallest absolute Gasteiger partial charge is 0.101 e. The molecular formula is C11H23O. The largest absolute Gasteiger partial charge is 0.230 e. The second-order valence-electron chi connectivity index (χ2n) is 4.23. The molecule has 0 bridgehead atoms. The van der Waals surface area contributed by atoms with Gasteiger partial charge in [-0.3, -0.25) is 0 Å². The molecule has 1 nitrogen and oxygen atoms in total. The molecular weight excluding hydrogens is 148 g/mol. The van der Waals surface area contributed by atoms with Crippen molar-refractivity contribution in [3.8, 4) is 0 Å². The first-order valence-corrected chi connectivity index (χ1v) is 5.22. The summed E-state index contributed by atoms with van der Waals surface area (Å²) in [5.41, 5.74) is -0.731. The van der Waals surface area contributed by atoms with Crippen molar-refractivity contribution >= 4 is 0 Å². The maximum atomic E-state index is 11.7. The Hall–Kier alpha value is -0.0400. The van der Waals surface area contributed by atoms with Crippen molar-refractivity contribution in [3.05, 3.63) is 0 Å². The Bertz CT molecular complexity index is 102. The van der Waals surface area contributed by atoms with Gasteiger partial charge in [-0.1, -0.05) is 33.1 Å². The Labute approximate surface area is 77.2 Å². The van der Waals surface area contributed by atoms with Crippen LogP contribution in [-0.2, 0) is 5.11 Å². The molecule has 0 rings (SSSR count). The van der Waals surface area contributed by atoms with Crippen molar-refractivity contribution in [2.45, 2.75) is 65.4 Å². The second kappa shape index (κ2) is 5.58. The van der Waals surface area contributed by atoms with E-state index in [0.717, 1.165) is 19.3 Å². The van der Waals surface area contributed by atoms with Crippen LogP contribution in [0.5, 0.6) is 0 Å². The molecule has 0 aromatic heterocycles. The number of unbranched alkanes of at least 4 members (excludes halogenated alkanes) is 1. The molecule has 12 heavy (non-hydrogen) atoms. The predicted octanol–water partition coefficient (Wildman–Crippen LogP) is 3.80. The topological polar surface area (TPSA) is 19.9 Å². The molecule has 0 aromatic rings. The maximum absolute atomic E-state index is 11.7. The van der Waals surface area contributed by atoms with Crippen molar-refractivity contribution in [1.29, 1.82) is 0 Å². The molecule has 0 amide bonds. The first kappa shape index (κ1) is 12.0. The summed E-state index contributed by atoms with van der Waals surface area (Å²) in [4.78, 5) is 0. The third-order valence-corrected chi connectivity index (χ3v) is 2.53. The standard InChI is InChI=1S/C11H23O/c1-5-7-9-10(8-6-2)11(3,4)12/h10H,5-9H2,1-4H3. The van der Waals surface area contributed by atoms with Gasteiger partial charge < -0.3 is 0 Å². The fourth-order valence-electron chi connectivity index (χ4n) is 1.64. The average Bonchev–Trinajstić information content (AvgIpc) is 1.95. The summed E-state index contributed by atoms with van der Waals surface area (Å²) >= 11 is 0. The van der Waals surface area contributed by atoms with E-state index in [0.29, 0.717) is 5.92 Å². The summed E-state index contributed by atoms with van der Waals surface area (Å²) in [5.74, 6) is 0.377. The minimum Gasteiger partial charge on any atom is -0.230 e. The number of rotatable bonds is 6. The van der Waals surface area contributed by atoms with Crippen molar-refractivity contribution in [2.75, 3.05) is 0 Å². The van der Waals surface area contributed by atoms with Crippen LogP contribution < -0.4 is 0 Å². The maximum Gasteiger partial charge on any atom is 0.101 e. The molecule has 73 valence electrons.